The molecule has 0 bridgehead atoms. The predicted molar refractivity (Wildman–Crippen MR) is 105 cm³/mol. The van der Waals surface area contributed by atoms with Gasteiger partial charge in [0.2, 0.25) is 5.91 Å². The van der Waals surface area contributed by atoms with Crippen LogP contribution < -0.4 is 10.2 Å². The van der Waals surface area contributed by atoms with Gasteiger partial charge in [-0.15, -0.1) is 11.8 Å². The van der Waals surface area contributed by atoms with E-state index in [2.05, 4.69) is 5.32 Å². The van der Waals surface area contributed by atoms with Crippen LogP contribution >= 0.6 is 11.8 Å². The van der Waals surface area contributed by atoms with E-state index in [9.17, 15) is 14.0 Å². The summed E-state index contributed by atoms with van der Waals surface area (Å²) >= 11 is 1.53. The van der Waals surface area contributed by atoms with Crippen molar-refractivity contribution in [3.8, 4) is 0 Å². The van der Waals surface area contributed by atoms with Gasteiger partial charge in [-0.05, 0) is 67.6 Å². The highest BCUT2D eigenvalue weighted by Crippen LogP contribution is 2.42. The van der Waals surface area contributed by atoms with Crippen LogP contribution in [0.5, 0.6) is 0 Å². The quantitative estimate of drug-likeness (QED) is 0.860. The third kappa shape index (κ3) is 3.58. The summed E-state index contributed by atoms with van der Waals surface area (Å²) in [6.07, 6.45) is 3.26. The van der Waals surface area contributed by atoms with E-state index in [1.54, 1.807) is 23.1 Å². The molecule has 0 radical (unpaired) electrons. The van der Waals surface area contributed by atoms with E-state index in [1.165, 1.54) is 30.3 Å². The van der Waals surface area contributed by atoms with E-state index in [1.807, 2.05) is 19.1 Å². The minimum absolute atomic E-state index is 0.0177. The summed E-state index contributed by atoms with van der Waals surface area (Å²) in [7, 11) is 0. The fourth-order valence-corrected chi connectivity index (χ4v) is 4.62. The van der Waals surface area contributed by atoms with Crippen molar-refractivity contribution in [2.75, 3.05) is 10.7 Å². The molecular formula is C21H21FN2O2S. The van der Waals surface area contributed by atoms with Gasteiger partial charge in [-0.1, -0.05) is 12.1 Å². The Bertz CT molecular complexity index is 880. The first-order chi connectivity index (χ1) is 13.0. The summed E-state index contributed by atoms with van der Waals surface area (Å²) in [6.45, 7) is 1.91. The average molecular weight is 384 g/mol. The first-order valence-electron chi connectivity index (χ1n) is 9.13. The molecule has 2 amide bonds. The van der Waals surface area contributed by atoms with Gasteiger partial charge in [0.15, 0.2) is 0 Å². The van der Waals surface area contributed by atoms with E-state index >= 15 is 0 Å². The van der Waals surface area contributed by atoms with Gasteiger partial charge >= 0.3 is 0 Å². The number of carbonyl (C=O) groups excluding carboxylic acids is 2. The summed E-state index contributed by atoms with van der Waals surface area (Å²) < 4.78 is 13.2. The Hall–Kier alpha value is -2.34. The lowest BCUT2D eigenvalue weighted by molar-refractivity contribution is -0.115. The molecule has 1 unspecified atom stereocenters. The molecule has 27 heavy (non-hydrogen) atoms. The number of benzene rings is 2. The fourth-order valence-electron chi connectivity index (χ4n) is 3.45. The molecule has 140 valence electrons. The number of thioether (sulfide) groups is 1. The number of aryl methyl sites for hydroxylation is 1. The van der Waals surface area contributed by atoms with Crippen molar-refractivity contribution in [2.45, 2.75) is 37.6 Å². The SMILES string of the molecule is Cc1cc(C(=O)NC2CCC2)ccc1N1C(=O)CSC1c1ccc(F)cc1. The number of nitrogens with one attached hydrogen (secondary N) is 1. The zero-order chi connectivity index (χ0) is 19.0. The van der Waals surface area contributed by atoms with Crippen LogP contribution in [-0.4, -0.2) is 23.6 Å². The van der Waals surface area contributed by atoms with Crippen LogP contribution in [0, 0.1) is 12.7 Å². The highest BCUT2D eigenvalue weighted by molar-refractivity contribution is 8.00. The van der Waals surface area contributed by atoms with Gasteiger partial charge in [-0.3, -0.25) is 14.5 Å². The Kier molecular flexibility index (Phi) is 4.91. The molecule has 0 spiro atoms. The number of amides is 2. The molecule has 1 saturated heterocycles. The maximum absolute atomic E-state index is 13.2. The van der Waals surface area contributed by atoms with Crippen molar-refractivity contribution in [3.63, 3.8) is 0 Å². The summed E-state index contributed by atoms with van der Waals surface area (Å²) in [6, 6.07) is 12.0. The van der Waals surface area contributed by atoms with Crippen LogP contribution in [0.15, 0.2) is 42.5 Å². The number of nitrogens with zero attached hydrogens (tertiary/aromatic N) is 1. The van der Waals surface area contributed by atoms with Crippen molar-refractivity contribution in [1.29, 1.82) is 0 Å². The molecular weight excluding hydrogens is 363 g/mol. The molecule has 1 N–H and O–H groups in total. The smallest absolute Gasteiger partial charge is 0.251 e. The van der Waals surface area contributed by atoms with Crippen LogP contribution in [0.25, 0.3) is 0 Å². The average Bonchev–Trinajstić information content (AvgIpc) is 3.00. The third-order valence-electron chi connectivity index (χ3n) is 5.18. The van der Waals surface area contributed by atoms with Crippen molar-refractivity contribution in [2.24, 2.45) is 0 Å². The molecule has 0 aromatic heterocycles. The van der Waals surface area contributed by atoms with Gasteiger partial charge in [-0.25, -0.2) is 4.39 Å². The zero-order valence-electron chi connectivity index (χ0n) is 15.1. The highest BCUT2D eigenvalue weighted by atomic mass is 32.2. The van der Waals surface area contributed by atoms with E-state index in [0.717, 1.165) is 29.7 Å². The largest absolute Gasteiger partial charge is 0.349 e. The maximum Gasteiger partial charge on any atom is 0.251 e. The van der Waals surface area contributed by atoms with E-state index in [-0.39, 0.29) is 29.0 Å². The van der Waals surface area contributed by atoms with Gasteiger partial charge in [-0.2, -0.15) is 0 Å². The summed E-state index contributed by atoms with van der Waals surface area (Å²) in [4.78, 5) is 26.7. The molecule has 1 aliphatic heterocycles. The Morgan fingerprint density at radius 3 is 2.56 bits per heavy atom. The number of hydrogen-bond acceptors (Lipinski definition) is 3. The van der Waals surface area contributed by atoms with Crippen molar-refractivity contribution in [3.05, 3.63) is 65.0 Å². The second-order valence-corrected chi connectivity index (χ2v) is 8.15. The van der Waals surface area contributed by atoms with E-state index < -0.39 is 0 Å². The molecule has 1 saturated carbocycles. The second kappa shape index (κ2) is 7.35. The number of hydrogen-bond donors (Lipinski definition) is 1. The summed E-state index contributed by atoms with van der Waals surface area (Å²) in [5.74, 6) is 0.0408. The minimum Gasteiger partial charge on any atom is -0.349 e. The first kappa shape index (κ1) is 18.0. The molecule has 2 aromatic rings. The first-order valence-corrected chi connectivity index (χ1v) is 10.2. The van der Waals surface area contributed by atoms with E-state index in [0.29, 0.717) is 11.3 Å². The highest BCUT2D eigenvalue weighted by Gasteiger charge is 2.35. The van der Waals surface area contributed by atoms with Crippen LogP contribution in [0.1, 0.15) is 46.1 Å². The minimum atomic E-state index is -0.294. The molecule has 1 aliphatic carbocycles. The molecule has 6 heteroatoms. The molecule has 2 aromatic carbocycles. The van der Waals surface area contributed by atoms with Crippen molar-refractivity contribution in [1.82, 2.24) is 5.32 Å². The van der Waals surface area contributed by atoms with Crippen LogP contribution in [0.2, 0.25) is 0 Å². The summed E-state index contributed by atoms with van der Waals surface area (Å²) in [5, 5.41) is 2.85. The Labute approximate surface area is 162 Å². The molecule has 1 atom stereocenters. The lowest BCUT2D eigenvalue weighted by Crippen LogP contribution is -2.39. The fraction of sp³-hybridized carbons (Fsp3) is 0.333. The lowest BCUT2D eigenvalue weighted by atomic mass is 9.93. The second-order valence-electron chi connectivity index (χ2n) is 7.08. The Morgan fingerprint density at radius 1 is 1.19 bits per heavy atom. The molecule has 2 fully saturated rings. The van der Waals surface area contributed by atoms with Crippen LogP contribution in [0.3, 0.4) is 0 Å². The standard InChI is InChI=1S/C21H21FN2O2S/c1-13-11-15(20(26)23-17-3-2-4-17)7-10-18(13)24-19(25)12-27-21(24)14-5-8-16(22)9-6-14/h5-11,17,21H,2-4,12H2,1H3,(H,23,26). The van der Waals surface area contributed by atoms with Crippen molar-refractivity contribution < 1.29 is 14.0 Å². The van der Waals surface area contributed by atoms with Gasteiger partial charge in [0.1, 0.15) is 11.2 Å². The van der Waals surface area contributed by atoms with Crippen molar-refractivity contribution >= 4 is 29.3 Å². The van der Waals surface area contributed by atoms with Gasteiger partial charge in [0.25, 0.3) is 5.91 Å². The normalized spacial score (nSPS) is 19.9. The maximum atomic E-state index is 13.2. The van der Waals surface area contributed by atoms with Gasteiger partial charge in [0.05, 0.1) is 5.75 Å². The number of carbonyl (C=O) groups is 2. The Balaban J connectivity index is 1.59. The summed E-state index contributed by atoms with van der Waals surface area (Å²) in [5.41, 5.74) is 3.16. The molecule has 4 rings (SSSR count). The molecule has 4 nitrogen and oxygen atoms in total. The monoisotopic (exact) mass is 384 g/mol. The van der Waals surface area contributed by atoms with Crippen LogP contribution in [-0.2, 0) is 4.79 Å². The third-order valence-corrected chi connectivity index (χ3v) is 6.39. The molecule has 2 aliphatic rings. The Morgan fingerprint density at radius 2 is 1.93 bits per heavy atom. The number of rotatable bonds is 4. The van der Waals surface area contributed by atoms with Crippen LogP contribution in [0.4, 0.5) is 10.1 Å². The van der Waals surface area contributed by atoms with E-state index in [4.69, 9.17) is 0 Å². The number of halogens is 1. The van der Waals surface area contributed by atoms with Gasteiger partial charge in [0, 0.05) is 17.3 Å². The lowest BCUT2D eigenvalue weighted by Gasteiger charge is -2.27. The number of anilines is 1. The zero-order valence-corrected chi connectivity index (χ0v) is 15.9. The topological polar surface area (TPSA) is 49.4 Å². The predicted octanol–water partition coefficient (Wildman–Crippen LogP) is 4.20. The van der Waals surface area contributed by atoms with Gasteiger partial charge < -0.3 is 5.32 Å². The molecule has 1 heterocycles.